The molecular weight excluding hydrogens is 270 g/mol. The predicted octanol–water partition coefficient (Wildman–Crippen LogP) is 0.972. The molecule has 1 fully saturated rings. The van der Waals surface area contributed by atoms with Crippen LogP contribution in [0.2, 0.25) is 0 Å². The van der Waals surface area contributed by atoms with E-state index in [1.165, 1.54) is 0 Å². The Hall–Kier alpha value is -1.79. The van der Waals surface area contributed by atoms with E-state index in [0.717, 1.165) is 0 Å². The molecule has 0 bridgehead atoms. The molecule has 0 spiro atoms. The number of hydrogen-bond acceptors (Lipinski definition) is 5. The third kappa shape index (κ3) is 4.09. The van der Waals surface area contributed by atoms with Crippen LogP contribution in [0.5, 0.6) is 0 Å². The van der Waals surface area contributed by atoms with Crippen molar-refractivity contribution in [1.29, 1.82) is 0 Å². The lowest BCUT2D eigenvalue weighted by Crippen LogP contribution is -2.42. The average molecular weight is 293 g/mol. The third-order valence-electron chi connectivity index (χ3n) is 3.66. The quantitative estimate of drug-likeness (QED) is 0.607. The number of carbonyl (C=O) groups is 1. The van der Waals surface area contributed by atoms with Crippen molar-refractivity contribution in [3.63, 3.8) is 0 Å². The number of aliphatic hydroxyl groups is 1. The number of nitrogen functional groups attached to an aromatic ring is 1. The number of rotatable bonds is 5. The van der Waals surface area contributed by atoms with E-state index < -0.39 is 5.60 Å². The molecule has 0 radical (unpaired) electrons. The molecule has 1 amide bonds. The molecule has 0 unspecified atom stereocenters. The highest BCUT2D eigenvalue weighted by molar-refractivity contribution is 6.00. The molecule has 1 heterocycles. The van der Waals surface area contributed by atoms with Gasteiger partial charge in [0.1, 0.15) is 0 Å². The third-order valence-corrected chi connectivity index (χ3v) is 3.66. The van der Waals surface area contributed by atoms with Crippen LogP contribution in [0.15, 0.2) is 18.2 Å². The van der Waals surface area contributed by atoms with Gasteiger partial charge in [-0.25, -0.2) is 0 Å². The maximum Gasteiger partial charge on any atom is 0.253 e. The van der Waals surface area contributed by atoms with Gasteiger partial charge in [0.05, 0.1) is 11.2 Å². The number of nitrogens with one attached hydrogen (secondary N) is 2. The Bertz CT molecular complexity index is 499. The average Bonchev–Trinajstić information content (AvgIpc) is 2.46. The maximum atomic E-state index is 12.0. The van der Waals surface area contributed by atoms with E-state index in [1.807, 2.05) is 6.92 Å². The second-order valence-electron chi connectivity index (χ2n) is 5.35. The SMILES string of the molecule is CCNC(=O)c1ccc(N)cc1NCC1(O)CCOCC1. The van der Waals surface area contributed by atoms with Crippen LogP contribution in [0, 0.1) is 0 Å². The fourth-order valence-corrected chi connectivity index (χ4v) is 2.35. The van der Waals surface area contributed by atoms with Crippen molar-refractivity contribution < 1.29 is 14.6 Å². The number of ether oxygens (including phenoxy) is 1. The summed E-state index contributed by atoms with van der Waals surface area (Å²) in [7, 11) is 0. The number of nitrogens with two attached hydrogens (primary N) is 1. The van der Waals surface area contributed by atoms with Gasteiger partial charge in [0.2, 0.25) is 0 Å². The molecule has 1 saturated heterocycles. The van der Waals surface area contributed by atoms with Crippen LogP contribution >= 0.6 is 0 Å². The Labute approximate surface area is 124 Å². The van der Waals surface area contributed by atoms with E-state index in [-0.39, 0.29) is 5.91 Å². The summed E-state index contributed by atoms with van der Waals surface area (Å²) in [6.07, 6.45) is 1.16. The molecule has 116 valence electrons. The van der Waals surface area contributed by atoms with Crippen molar-refractivity contribution in [2.75, 3.05) is 37.4 Å². The monoisotopic (exact) mass is 293 g/mol. The summed E-state index contributed by atoms with van der Waals surface area (Å²) in [5, 5.41) is 16.4. The summed E-state index contributed by atoms with van der Waals surface area (Å²) >= 11 is 0. The zero-order chi connectivity index (χ0) is 15.3. The fraction of sp³-hybridized carbons (Fsp3) is 0.533. The zero-order valence-corrected chi connectivity index (χ0v) is 12.3. The van der Waals surface area contributed by atoms with Gasteiger partial charge in [0.15, 0.2) is 0 Å². The molecule has 21 heavy (non-hydrogen) atoms. The molecule has 1 aromatic rings. The van der Waals surface area contributed by atoms with Crippen molar-refractivity contribution in [1.82, 2.24) is 5.32 Å². The minimum atomic E-state index is -0.804. The van der Waals surface area contributed by atoms with Crippen molar-refractivity contribution >= 4 is 17.3 Å². The largest absolute Gasteiger partial charge is 0.399 e. The first-order valence-electron chi connectivity index (χ1n) is 7.26. The Balaban J connectivity index is 2.10. The van der Waals surface area contributed by atoms with Gasteiger partial charge >= 0.3 is 0 Å². The zero-order valence-electron chi connectivity index (χ0n) is 12.3. The summed E-state index contributed by atoms with van der Waals surface area (Å²) in [5.41, 5.74) is 6.73. The van der Waals surface area contributed by atoms with Crippen LogP contribution in [0.1, 0.15) is 30.1 Å². The number of hydrogen-bond donors (Lipinski definition) is 4. The number of benzene rings is 1. The molecule has 5 N–H and O–H groups in total. The second-order valence-corrected chi connectivity index (χ2v) is 5.35. The van der Waals surface area contributed by atoms with Gasteiger partial charge < -0.3 is 26.2 Å². The smallest absolute Gasteiger partial charge is 0.253 e. The van der Waals surface area contributed by atoms with Gasteiger partial charge in [-0.3, -0.25) is 4.79 Å². The van der Waals surface area contributed by atoms with Crippen LogP contribution in [0.3, 0.4) is 0 Å². The van der Waals surface area contributed by atoms with E-state index in [9.17, 15) is 9.90 Å². The molecule has 6 heteroatoms. The highest BCUT2D eigenvalue weighted by Crippen LogP contribution is 2.24. The standard InChI is InChI=1S/C15H23N3O3/c1-2-17-14(19)12-4-3-11(16)9-13(12)18-10-15(20)5-7-21-8-6-15/h3-4,9,18,20H,2,5-8,10,16H2,1H3,(H,17,19). The molecule has 0 aliphatic carbocycles. The Morgan fingerprint density at radius 3 is 2.81 bits per heavy atom. The molecule has 0 saturated carbocycles. The van der Waals surface area contributed by atoms with Crippen LogP contribution in [0.25, 0.3) is 0 Å². The Kier molecular flexibility index (Phi) is 5.03. The number of amides is 1. The topological polar surface area (TPSA) is 96.6 Å². The molecule has 1 aromatic carbocycles. The lowest BCUT2D eigenvalue weighted by atomic mass is 9.94. The first kappa shape index (κ1) is 15.6. The van der Waals surface area contributed by atoms with Crippen molar-refractivity contribution in [3.05, 3.63) is 23.8 Å². The highest BCUT2D eigenvalue weighted by atomic mass is 16.5. The summed E-state index contributed by atoms with van der Waals surface area (Å²) in [6.45, 7) is 3.90. The summed E-state index contributed by atoms with van der Waals surface area (Å²) in [5.74, 6) is -0.154. The second kappa shape index (κ2) is 6.78. The first-order valence-corrected chi connectivity index (χ1v) is 7.26. The number of carbonyl (C=O) groups excluding carboxylic acids is 1. The van der Waals surface area contributed by atoms with Gasteiger partial charge in [-0.2, -0.15) is 0 Å². The van der Waals surface area contributed by atoms with Crippen LogP contribution < -0.4 is 16.4 Å². The molecule has 6 nitrogen and oxygen atoms in total. The fourth-order valence-electron chi connectivity index (χ4n) is 2.35. The predicted molar refractivity (Wildman–Crippen MR) is 82.4 cm³/mol. The van der Waals surface area contributed by atoms with Gasteiger partial charge in [0, 0.05) is 50.5 Å². The normalized spacial score (nSPS) is 17.2. The van der Waals surface area contributed by atoms with Crippen molar-refractivity contribution in [2.45, 2.75) is 25.4 Å². The first-order chi connectivity index (χ1) is 10.0. The van der Waals surface area contributed by atoms with Crippen LogP contribution in [-0.2, 0) is 4.74 Å². The molecule has 0 aromatic heterocycles. The van der Waals surface area contributed by atoms with Crippen LogP contribution in [0.4, 0.5) is 11.4 Å². The minimum absolute atomic E-state index is 0.154. The maximum absolute atomic E-state index is 12.0. The van der Waals surface area contributed by atoms with Crippen molar-refractivity contribution in [2.24, 2.45) is 0 Å². The van der Waals surface area contributed by atoms with E-state index in [1.54, 1.807) is 18.2 Å². The summed E-state index contributed by atoms with van der Waals surface area (Å²) in [4.78, 5) is 12.0. The van der Waals surface area contributed by atoms with Gasteiger partial charge in [-0.15, -0.1) is 0 Å². The van der Waals surface area contributed by atoms with E-state index >= 15 is 0 Å². The van der Waals surface area contributed by atoms with Crippen LogP contribution in [-0.4, -0.2) is 42.9 Å². The lowest BCUT2D eigenvalue weighted by molar-refractivity contribution is -0.0543. The molecule has 1 aliphatic rings. The Morgan fingerprint density at radius 2 is 2.14 bits per heavy atom. The van der Waals surface area contributed by atoms with E-state index in [2.05, 4.69) is 10.6 Å². The molecule has 1 aliphatic heterocycles. The summed E-state index contributed by atoms with van der Waals surface area (Å²) < 4.78 is 5.26. The summed E-state index contributed by atoms with van der Waals surface area (Å²) in [6, 6.07) is 5.10. The van der Waals surface area contributed by atoms with Gasteiger partial charge in [-0.05, 0) is 25.1 Å². The molecular formula is C15H23N3O3. The lowest BCUT2D eigenvalue weighted by Gasteiger charge is -2.32. The minimum Gasteiger partial charge on any atom is -0.399 e. The van der Waals surface area contributed by atoms with Gasteiger partial charge in [-0.1, -0.05) is 0 Å². The van der Waals surface area contributed by atoms with E-state index in [4.69, 9.17) is 10.5 Å². The highest BCUT2D eigenvalue weighted by Gasteiger charge is 2.29. The molecule has 2 rings (SSSR count). The van der Waals surface area contributed by atoms with Crippen molar-refractivity contribution in [3.8, 4) is 0 Å². The Morgan fingerprint density at radius 1 is 1.43 bits per heavy atom. The van der Waals surface area contributed by atoms with Gasteiger partial charge in [0.25, 0.3) is 5.91 Å². The van der Waals surface area contributed by atoms with E-state index in [0.29, 0.717) is 56.1 Å². The number of anilines is 2. The molecule has 0 atom stereocenters.